The number of aromatic nitrogens is 2. The fourth-order valence-electron chi connectivity index (χ4n) is 4.20. The number of rotatable bonds is 7. The van der Waals surface area contributed by atoms with Gasteiger partial charge in [-0.3, -0.25) is 19.1 Å². The van der Waals surface area contributed by atoms with E-state index in [-0.39, 0.29) is 32.9 Å². The smallest absolute Gasteiger partial charge is 0.269 e. The zero-order valence-corrected chi connectivity index (χ0v) is 23.5. The van der Waals surface area contributed by atoms with Crippen LogP contribution in [0.1, 0.15) is 16.1 Å². The lowest BCUT2D eigenvalue weighted by atomic mass is 10.1. The molecular weight excluding hydrogens is 614 g/mol. The summed E-state index contributed by atoms with van der Waals surface area (Å²) in [5.74, 6) is -1.09. The van der Waals surface area contributed by atoms with Gasteiger partial charge in [-0.15, -0.1) is 0 Å². The molecule has 1 amide bonds. The van der Waals surface area contributed by atoms with Gasteiger partial charge < -0.3 is 19.5 Å². The molecule has 0 aliphatic rings. The van der Waals surface area contributed by atoms with Gasteiger partial charge in [0.05, 0.1) is 29.9 Å². The van der Waals surface area contributed by atoms with Crippen LogP contribution in [0.2, 0.25) is 0 Å². The summed E-state index contributed by atoms with van der Waals surface area (Å²) in [6.45, 7) is 0. The molecule has 12 heteroatoms. The minimum absolute atomic E-state index is 0.0454. The second kappa shape index (κ2) is 11.7. The molecule has 210 valence electrons. The molecule has 5 aromatic rings. The molecule has 2 aromatic heterocycles. The van der Waals surface area contributed by atoms with Crippen molar-refractivity contribution in [3.8, 4) is 34.8 Å². The summed E-state index contributed by atoms with van der Waals surface area (Å²) in [6.07, 6.45) is 1.50. The highest BCUT2D eigenvalue weighted by Crippen LogP contribution is 2.37. The van der Waals surface area contributed by atoms with E-state index in [0.29, 0.717) is 28.2 Å². The van der Waals surface area contributed by atoms with Gasteiger partial charge >= 0.3 is 0 Å². The number of hydrogen-bond acceptors (Lipinski definition) is 7. The molecule has 0 saturated carbocycles. The fourth-order valence-corrected chi connectivity index (χ4v) is 4.70. The Hall–Kier alpha value is -5.28. The standard InChI is InChI=1S/C30H19BrF2N4O5/c1-40-27-13-19-23(14-28(27)41-2)35-10-9-25(19)42-26-8-5-17(11-22(26)33)36-29(38)20-12-21(31)24(15-34)37(30(20)39)18-6-3-16(32)4-7-18/h3-14H,1-2H3,(H,36,38). The lowest BCUT2D eigenvalue weighted by molar-refractivity contribution is 0.102. The first-order valence-corrected chi connectivity index (χ1v) is 12.9. The summed E-state index contributed by atoms with van der Waals surface area (Å²) < 4.78 is 46.2. The summed E-state index contributed by atoms with van der Waals surface area (Å²) in [6, 6.07) is 16.6. The maximum Gasteiger partial charge on any atom is 0.269 e. The van der Waals surface area contributed by atoms with Crippen molar-refractivity contribution >= 4 is 38.4 Å². The Morgan fingerprint density at radius 3 is 2.33 bits per heavy atom. The number of nitriles is 1. The normalized spacial score (nSPS) is 10.7. The predicted octanol–water partition coefficient (Wildman–Crippen LogP) is 6.36. The molecule has 3 aromatic carbocycles. The highest BCUT2D eigenvalue weighted by atomic mass is 79.9. The molecule has 5 rings (SSSR count). The first-order valence-electron chi connectivity index (χ1n) is 12.1. The number of halogens is 3. The van der Waals surface area contributed by atoms with Gasteiger partial charge in [-0.2, -0.15) is 5.26 Å². The van der Waals surface area contributed by atoms with Gasteiger partial charge in [0.1, 0.15) is 28.9 Å². The van der Waals surface area contributed by atoms with Gasteiger partial charge in [0.25, 0.3) is 11.5 Å². The second-order valence-corrected chi connectivity index (χ2v) is 9.57. The van der Waals surface area contributed by atoms with Gasteiger partial charge in [-0.25, -0.2) is 8.78 Å². The zero-order chi connectivity index (χ0) is 30.0. The highest BCUT2D eigenvalue weighted by molar-refractivity contribution is 9.10. The van der Waals surface area contributed by atoms with E-state index < -0.39 is 23.1 Å². The highest BCUT2D eigenvalue weighted by Gasteiger charge is 2.21. The van der Waals surface area contributed by atoms with E-state index in [2.05, 4.69) is 26.2 Å². The molecule has 0 atom stereocenters. The number of nitrogens with one attached hydrogen (secondary N) is 1. The number of amides is 1. The molecule has 9 nitrogen and oxygen atoms in total. The number of ether oxygens (including phenoxy) is 3. The van der Waals surface area contributed by atoms with E-state index >= 15 is 4.39 Å². The maximum absolute atomic E-state index is 15.1. The number of pyridine rings is 2. The number of carbonyl (C=O) groups excluding carboxylic acids is 1. The summed E-state index contributed by atoms with van der Waals surface area (Å²) in [4.78, 5) is 30.7. The Bertz CT molecular complexity index is 1960. The van der Waals surface area contributed by atoms with Crippen molar-refractivity contribution in [2.24, 2.45) is 0 Å². The van der Waals surface area contributed by atoms with E-state index in [1.54, 1.807) is 18.2 Å². The molecule has 0 aliphatic carbocycles. The third-order valence-electron chi connectivity index (χ3n) is 6.21. The van der Waals surface area contributed by atoms with E-state index in [1.165, 1.54) is 50.7 Å². The fraction of sp³-hybridized carbons (Fsp3) is 0.0667. The summed E-state index contributed by atoms with van der Waals surface area (Å²) in [7, 11) is 2.99. The Morgan fingerprint density at radius 1 is 0.952 bits per heavy atom. The van der Waals surface area contributed by atoms with Crippen molar-refractivity contribution in [3.63, 3.8) is 0 Å². The van der Waals surface area contributed by atoms with Crippen LogP contribution in [0.4, 0.5) is 14.5 Å². The number of methoxy groups -OCH3 is 2. The molecule has 0 fully saturated rings. The van der Waals surface area contributed by atoms with Crippen LogP contribution in [0.3, 0.4) is 0 Å². The van der Waals surface area contributed by atoms with Crippen LogP contribution in [0.25, 0.3) is 16.6 Å². The third-order valence-corrected chi connectivity index (χ3v) is 6.81. The van der Waals surface area contributed by atoms with Crippen LogP contribution in [0, 0.1) is 23.0 Å². The van der Waals surface area contributed by atoms with Crippen LogP contribution >= 0.6 is 15.9 Å². The predicted molar refractivity (Wildman–Crippen MR) is 154 cm³/mol. The molecule has 1 N–H and O–H groups in total. The van der Waals surface area contributed by atoms with Gasteiger partial charge in [-0.1, -0.05) is 0 Å². The average molecular weight is 633 g/mol. The minimum Gasteiger partial charge on any atom is -0.493 e. The lowest BCUT2D eigenvalue weighted by Gasteiger charge is -2.14. The topological polar surface area (TPSA) is 115 Å². The van der Waals surface area contributed by atoms with Crippen molar-refractivity contribution < 1.29 is 27.8 Å². The number of anilines is 1. The summed E-state index contributed by atoms with van der Waals surface area (Å²) in [5.41, 5.74) is -0.483. The minimum atomic E-state index is -0.852. The SMILES string of the molecule is COc1cc2nccc(Oc3ccc(NC(=O)c4cc(Br)c(C#N)n(-c5ccc(F)cc5)c4=O)cc3F)c2cc1OC. The molecule has 0 unspecified atom stereocenters. The van der Waals surface area contributed by atoms with E-state index in [4.69, 9.17) is 14.2 Å². The number of benzene rings is 3. The van der Waals surface area contributed by atoms with Crippen LogP contribution in [0.5, 0.6) is 23.0 Å². The molecule has 42 heavy (non-hydrogen) atoms. The number of nitrogens with zero attached hydrogens (tertiary/aromatic N) is 3. The van der Waals surface area contributed by atoms with Crippen molar-refractivity contribution in [1.82, 2.24) is 9.55 Å². The van der Waals surface area contributed by atoms with E-state index in [0.717, 1.165) is 22.8 Å². The Morgan fingerprint density at radius 2 is 1.67 bits per heavy atom. The Kier molecular flexibility index (Phi) is 7.86. The number of carbonyl (C=O) groups is 1. The molecular formula is C30H19BrF2N4O5. The maximum atomic E-state index is 15.1. The van der Waals surface area contributed by atoms with Gasteiger partial charge in [0.2, 0.25) is 0 Å². The van der Waals surface area contributed by atoms with Gasteiger partial charge in [0.15, 0.2) is 23.1 Å². The first kappa shape index (κ1) is 28.3. The number of fused-ring (bicyclic) bond motifs is 1. The van der Waals surface area contributed by atoms with Crippen LogP contribution in [0.15, 0.2) is 82.2 Å². The monoisotopic (exact) mass is 632 g/mol. The average Bonchev–Trinajstić information content (AvgIpc) is 2.99. The molecule has 0 bridgehead atoms. The number of hydrogen-bond donors (Lipinski definition) is 1. The Balaban J connectivity index is 1.43. The molecule has 0 spiro atoms. The zero-order valence-electron chi connectivity index (χ0n) is 21.9. The largest absolute Gasteiger partial charge is 0.493 e. The van der Waals surface area contributed by atoms with E-state index in [1.807, 2.05) is 6.07 Å². The quantitative estimate of drug-likeness (QED) is 0.222. The first-order chi connectivity index (χ1) is 20.2. The second-order valence-electron chi connectivity index (χ2n) is 8.72. The molecule has 2 heterocycles. The third kappa shape index (κ3) is 5.37. The molecule has 0 saturated heterocycles. The van der Waals surface area contributed by atoms with Crippen LogP contribution in [-0.4, -0.2) is 29.7 Å². The van der Waals surface area contributed by atoms with Crippen molar-refractivity contribution in [3.05, 3.63) is 111 Å². The van der Waals surface area contributed by atoms with Gasteiger partial charge in [0, 0.05) is 29.4 Å². The molecule has 0 aliphatic heterocycles. The van der Waals surface area contributed by atoms with Crippen molar-refractivity contribution in [2.75, 3.05) is 19.5 Å². The van der Waals surface area contributed by atoms with Gasteiger partial charge in [-0.05, 0) is 70.5 Å². The van der Waals surface area contributed by atoms with Crippen LogP contribution in [-0.2, 0) is 0 Å². The van der Waals surface area contributed by atoms with E-state index in [9.17, 15) is 19.2 Å². The summed E-state index contributed by atoms with van der Waals surface area (Å²) >= 11 is 3.21. The Labute approximate surface area is 245 Å². The van der Waals surface area contributed by atoms with Crippen molar-refractivity contribution in [1.29, 1.82) is 5.26 Å². The van der Waals surface area contributed by atoms with Crippen molar-refractivity contribution in [2.45, 2.75) is 0 Å². The van der Waals surface area contributed by atoms with Crippen LogP contribution < -0.4 is 25.1 Å². The summed E-state index contributed by atoms with van der Waals surface area (Å²) in [5, 5.41) is 12.6. The molecule has 0 radical (unpaired) electrons. The lowest BCUT2D eigenvalue weighted by Crippen LogP contribution is -2.30.